The Kier molecular flexibility index (Phi) is 4.17. The van der Waals surface area contributed by atoms with E-state index in [-0.39, 0.29) is 0 Å². The summed E-state index contributed by atoms with van der Waals surface area (Å²) in [5.41, 5.74) is 3.00. The van der Waals surface area contributed by atoms with Crippen molar-refractivity contribution in [1.82, 2.24) is 4.90 Å². The van der Waals surface area contributed by atoms with Crippen LogP contribution < -0.4 is 4.90 Å². The summed E-state index contributed by atoms with van der Waals surface area (Å²) in [4.78, 5) is 28.7. The summed E-state index contributed by atoms with van der Waals surface area (Å²) in [6, 6.07) is 21.8. The Hall–Kier alpha value is -3.14. The molecule has 0 aromatic heterocycles. The van der Waals surface area contributed by atoms with Crippen molar-refractivity contribution in [2.24, 2.45) is 0 Å². The molecule has 3 aromatic carbocycles. The van der Waals surface area contributed by atoms with Crippen molar-refractivity contribution in [3.05, 3.63) is 77.9 Å². The van der Waals surface area contributed by atoms with Crippen molar-refractivity contribution in [1.29, 1.82) is 0 Å². The second-order valence-electron chi connectivity index (χ2n) is 6.67. The Morgan fingerprint density at radius 1 is 0.846 bits per heavy atom. The molecule has 0 radical (unpaired) electrons. The third kappa shape index (κ3) is 2.94. The first kappa shape index (κ1) is 16.3. The van der Waals surface area contributed by atoms with Crippen LogP contribution in [0.5, 0.6) is 0 Å². The number of carbonyl (C=O) groups is 2. The van der Waals surface area contributed by atoms with Crippen molar-refractivity contribution in [3.8, 4) is 0 Å². The number of amides is 2. The number of hydrogen-bond donors (Lipinski definition) is 0. The van der Waals surface area contributed by atoms with Crippen molar-refractivity contribution in [2.45, 2.75) is 13.5 Å². The van der Waals surface area contributed by atoms with E-state index < -0.39 is 11.8 Å². The summed E-state index contributed by atoms with van der Waals surface area (Å²) in [5.74, 6) is -0.897. The first-order chi connectivity index (χ1) is 12.6. The van der Waals surface area contributed by atoms with Crippen LogP contribution in [-0.4, -0.2) is 29.8 Å². The van der Waals surface area contributed by atoms with E-state index >= 15 is 0 Å². The number of rotatable bonds is 3. The minimum atomic E-state index is -0.458. The fraction of sp³-hybridized carbons (Fsp3) is 0.182. The Bertz CT molecular complexity index is 991. The van der Waals surface area contributed by atoms with Crippen molar-refractivity contribution < 1.29 is 9.59 Å². The Labute approximate surface area is 152 Å². The normalized spacial score (nSPS) is 15.0. The molecule has 0 atom stereocenters. The molecule has 0 aliphatic carbocycles. The second kappa shape index (κ2) is 6.64. The second-order valence-corrected chi connectivity index (χ2v) is 6.67. The van der Waals surface area contributed by atoms with E-state index in [1.165, 1.54) is 0 Å². The van der Waals surface area contributed by atoms with Crippen LogP contribution in [-0.2, 0) is 16.1 Å². The van der Waals surface area contributed by atoms with Gasteiger partial charge in [-0.15, -0.1) is 0 Å². The molecule has 4 rings (SSSR count). The SMILES string of the molecule is Cc1cccc(CN2CCN(c3cccc4ccccc34)C(=O)C2=O)c1. The summed E-state index contributed by atoms with van der Waals surface area (Å²) >= 11 is 0. The number of carbonyl (C=O) groups excluding carboxylic acids is 2. The van der Waals surface area contributed by atoms with E-state index in [0.29, 0.717) is 19.6 Å². The molecule has 1 fully saturated rings. The van der Waals surface area contributed by atoms with Gasteiger partial charge in [0.2, 0.25) is 0 Å². The summed E-state index contributed by atoms with van der Waals surface area (Å²) in [5, 5.41) is 2.05. The van der Waals surface area contributed by atoms with E-state index in [4.69, 9.17) is 0 Å². The average molecular weight is 344 g/mol. The highest BCUT2D eigenvalue weighted by Crippen LogP contribution is 2.28. The molecule has 130 valence electrons. The largest absolute Gasteiger partial charge is 0.328 e. The van der Waals surface area contributed by atoms with Gasteiger partial charge >= 0.3 is 11.8 Å². The van der Waals surface area contributed by atoms with Gasteiger partial charge in [0, 0.05) is 25.0 Å². The lowest BCUT2D eigenvalue weighted by Gasteiger charge is -2.34. The molecule has 4 heteroatoms. The van der Waals surface area contributed by atoms with Gasteiger partial charge in [-0.25, -0.2) is 0 Å². The number of nitrogens with zero attached hydrogens (tertiary/aromatic N) is 2. The molecule has 1 saturated heterocycles. The highest BCUT2D eigenvalue weighted by Gasteiger charge is 2.33. The molecule has 0 unspecified atom stereocenters. The number of aryl methyl sites for hydroxylation is 1. The van der Waals surface area contributed by atoms with E-state index in [9.17, 15) is 9.59 Å². The molecule has 1 heterocycles. The number of benzene rings is 3. The molecule has 26 heavy (non-hydrogen) atoms. The molecular weight excluding hydrogens is 324 g/mol. The van der Waals surface area contributed by atoms with Gasteiger partial charge < -0.3 is 9.80 Å². The van der Waals surface area contributed by atoms with Gasteiger partial charge in [0.25, 0.3) is 0 Å². The van der Waals surface area contributed by atoms with E-state index in [1.54, 1.807) is 9.80 Å². The summed E-state index contributed by atoms with van der Waals surface area (Å²) < 4.78 is 0. The average Bonchev–Trinajstić information content (AvgIpc) is 2.65. The lowest BCUT2D eigenvalue weighted by molar-refractivity contribution is -0.146. The van der Waals surface area contributed by atoms with Gasteiger partial charge in [-0.3, -0.25) is 9.59 Å². The van der Waals surface area contributed by atoms with Gasteiger partial charge in [0.05, 0.1) is 5.69 Å². The maximum Gasteiger partial charge on any atom is 0.316 e. The Balaban J connectivity index is 1.59. The van der Waals surface area contributed by atoms with Crippen LogP contribution in [0.2, 0.25) is 0 Å². The summed E-state index contributed by atoms with van der Waals surface area (Å²) in [7, 11) is 0. The third-order valence-corrected chi connectivity index (χ3v) is 4.82. The summed E-state index contributed by atoms with van der Waals surface area (Å²) in [6.07, 6.45) is 0. The number of hydrogen-bond acceptors (Lipinski definition) is 2. The van der Waals surface area contributed by atoms with Crippen molar-refractivity contribution in [3.63, 3.8) is 0 Å². The maximum atomic E-state index is 12.8. The molecule has 2 amide bonds. The fourth-order valence-electron chi connectivity index (χ4n) is 3.53. The zero-order chi connectivity index (χ0) is 18.1. The highest BCUT2D eigenvalue weighted by atomic mass is 16.2. The predicted octanol–water partition coefficient (Wildman–Crippen LogP) is 3.52. The zero-order valence-corrected chi connectivity index (χ0v) is 14.7. The van der Waals surface area contributed by atoms with Crippen molar-refractivity contribution >= 4 is 28.3 Å². The summed E-state index contributed by atoms with van der Waals surface area (Å²) in [6.45, 7) is 3.52. The Morgan fingerprint density at radius 2 is 1.62 bits per heavy atom. The predicted molar refractivity (Wildman–Crippen MR) is 103 cm³/mol. The number of piperazine rings is 1. The monoisotopic (exact) mass is 344 g/mol. The third-order valence-electron chi connectivity index (χ3n) is 4.82. The molecule has 0 N–H and O–H groups in total. The maximum absolute atomic E-state index is 12.8. The van der Waals surface area contributed by atoms with Gasteiger partial charge in [-0.05, 0) is 23.9 Å². The van der Waals surface area contributed by atoms with Crippen LogP contribution in [0.15, 0.2) is 66.7 Å². The first-order valence-electron chi connectivity index (χ1n) is 8.77. The van der Waals surface area contributed by atoms with E-state index in [2.05, 4.69) is 6.07 Å². The lowest BCUT2D eigenvalue weighted by Crippen LogP contribution is -2.54. The van der Waals surface area contributed by atoms with Crippen LogP contribution >= 0.6 is 0 Å². The van der Waals surface area contributed by atoms with Gasteiger partial charge in [0.15, 0.2) is 0 Å². The molecule has 4 nitrogen and oxygen atoms in total. The highest BCUT2D eigenvalue weighted by molar-refractivity contribution is 6.41. The standard InChI is InChI=1S/C22H20N2O2/c1-16-6-4-7-17(14-16)15-23-12-13-24(22(26)21(23)25)20-11-5-9-18-8-2-3-10-19(18)20/h2-11,14H,12-13,15H2,1H3. The molecule has 0 saturated carbocycles. The molecule has 1 aliphatic rings. The van der Waals surface area contributed by atoms with Crippen LogP contribution in [0.25, 0.3) is 10.8 Å². The van der Waals surface area contributed by atoms with Crippen LogP contribution in [0.1, 0.15) is 11.1 Å². The van der Waals surface area contributed by atoms with Gasteiger partial charge in [-0.2, -0.15) is 0 Å². The van der Waals surface area contributed by atoms with Crippen LogP contribution in [0, 0.1) is 6.92 Å². The van der Waals surface area contributed by atoms with Crippen LogP contribution in [0.3, 0.4) is 0 Å². The lowest BCUT2D eigenvalue weighted by atomic mass is 10.1. The van der Waals surface area contributed by atoms with Crippen LogP contribution in [0.4, 0.5) is 5.69 Å². The number of fused-ring (bicyclic) bond motifs is 1. The molecule has 0 spiro atoms. The molecule has 1 aliphatic heterocycles. The Morgan fingerprint density at radius 3 is 2.46 bits per heavy atom. The minimum Gasteiger partial charge on any atom is -0.328 e. The minimum absolute atomic E-state index is 0.439. The zero-order valence-electron chi connectivity index (χ0n) is 14.7. The molecular formula is C22H20N2O2. The molecule has 0 bridgehead atoms. The molecule has 3 aromatic rings. The van der Waals surface area contributed by atoms with Gasteiger partial charge in [0.1, 0.15) is 0 Å². The smallest absolute Gasteiger partial charge is 0.316 e. The van der Waals surface area contributed by atoms with E-state index in [0.717, 1.165) is 27.6 Å². The van der Waals surface area contributed by atoms with E-state index in [1.807, 2.05) is 67.6 Å². The van der Waals surface area contributed by atoms with Crippen molar-refractivity contribution in [2.75, 3.05) is 18.0 Å². The number of anilines is 1. The van der Waals surface area contributed by atoms with Gasteiger partial charge in [-0.1, -0.05) is 66.2 Å². The fourth-order valence-corrected chi connectivity index (χ4v) is 3.53. The first-order valence-corrected chi connectivity index (χ1v) is 8.77. The quantitative estimate of drug-likeness (QED) is 0.682. The topological polar surface area (TPSA) is 40.6 Å².